The van der Waals surface area contributed by atoms with Gasteiger partial charge in [-0.1, -0.05) is 6.58 Å². The summed E-state index contributed by atoms with van der Waals surface area (Å²) in [6.45, 7) is 3.01. The first kappa shape index (κ1) is 13.5. The number of fused-ring (bicyclic) bond motifs is 5. The monoisotopic (exact) mass is 290 g/mol. The average molecular weight is 290 g/mol. The van der Waals surface area contributed by atoms with Crippen LogP contribution in [0.1, 0.15) is 12.8 Å². The second-order valence-electron chi connectivity index (χ2n) is 5.64. The highest BCUT2D eigenvalue weighted by atomic mass is 19.4. The van der Waals surface area contributed by atoms with Gasteiger partial charge in [0, 0.05) is 11.8 Å². The fraction of sp³-hybridized carbons (Fsp3) is 0.692. The Morgan fingerprint density at radius 1 is 1.30 bits per heavy atom. The highest BCUT2D eigenvalue weighted by Crippen LogP contribution is 2.56. The predicted octanol–water partition coefficient (Wildman–Crippen LogP) is 1.85. The van der Waals surface area contributed by atoms with E-state index in [2.05, 4.69) is 6.58 Å². The smallest absolute Gasteiger partial charge is 0.422 e. The Morgan fingerprint density at radius 2 is 2.00 bits per heavy atom. The molecule has 1 heterocycles. The Bertz CT molecular complexity index is 484. The molecule has 3 fully saturated rings. The summed E-state index contributed by atoms with van der Waals surface area (Å²) in [5.74, 6) is -1.87. The van der Waals surface area contributed by atoms with Crippen LogP contribution in [0.15, 0.2) is 12.2 Å². The van der Waals surface area contributed by atoms with Crippen molar-refractivity contribution >= 4 is 11.9 Å². The summed E-state index contributed by atoms with van der Waals surface area (Å²) in [6.07, 6.45) is -4.20. The highest BCUT2D eigenvalue weighted by Gasteiger charge is 2.60. The number of esters is 2. The number of carbonyl (C=O) groups is 2. The quantitative estimate of drug-likeness (QED) is 0.575. The van der Waals surface area contributed by atoms with Crippen LogP contribution >= 0.6 is 0 Å². The number of carbonyl (C=O) groups excluding carboxylic acids is 2. The maximum atomic E-state index is 12.4. The number of ether oxygens (including phenoxy) is 2. The molecule has 2 aliphatic carbocycles. The van der Waals surface area contributed by atoms with E-state index in [9.17, 15) is 22.8 Å². The number of rotatable bonds is 2. The summed E-state index contributed by atoms with van der Waals surface area (Å²) in [5.41, 5.74) is -1.49. The summed E-state index contributed by atoms with van der Waals surface area (Å²) in [6, 6.07) is 0. The Hall–Kier alpha value is -1.53. The molecule has 2 saturated carbocycles. The van der Waals surface area contributed by atoms with Gasteiger partial charge in [-0.3, -0.25) is 4.79 Å². The molecule has 0 aromatic rings. The van der Waals surface area contributed by atoms with E-state index in [0.717, 1.165) is 0 Å². The zero-order valence-corrected chi connectivity index (χ0v) is 10.5. The molecule has 2 bridgehead atoms. The Kier molecular flexibility index (Phi) is 2.85. The maximum Gasteiger partial charge on any atom is 0.422 e. The summed E-state index contributed by atoms with van der Waals surface area (Å²) in [5, 5.41) is 0. The molecule has 3 aliphatic rings. The van der Waals surface area contributed by atoms with Gasteiger partial charge in [-0.05, 0) is 18.8 Å². The van der Waals surface area contributed by atoms with Gasteiger partial charge in [0.2, 0.25) is 0 Å². The van der Waals surface area contributed by atoms with Crippen LogP contribution in [-0.4, -0.2) is 30.8 Å². The van der Waals surface area contributed by atoms with Crippen molar-refractivity contribution in [1.82, 2.24) is 0 Å². The predicted molar refractivity (Wildman–Crippen MR) is 59.2 cm³/mol. The van der Waals surface area contributed by atoms with Crippen LogP contribution in [0, 0.1) is 23.7 Å². The molecule has 20 heavy (non-hydrogen) atoms. The minimum Gasteiger partial charge on any atom is -0.465 e. The molecule has 0 spiro atoms. The lowest BCUT2D eigenvalue weighted by atomic mass is 9.80. The molecular formula is C13H13F3O4. The molecule has 0 aromatic heterocycles. The van der Waals surface area contributed by atoms with E-state index >= 15 is 0 Å². The SMILES string of the molecule is C=C(C(=O)OC1CC2CC1C1COC(=O)C21)C(F)(F)F. The molecular weight excluding hydrogens is 277 g/mol. The molecule has 1 aliphatic heterocycles. The zero-order chi connectivity index (χ0) is 14.7. The van der Waals surface area contributed by atoms with Crippen molar-refractivity contribution in [2.45, 2.75) is 25.1 Å². The first-order chi connectivity index (χ1) is 9.29. The topological polar surface area (TPSA) is 52.6 Å². The molecule has 4 nitrogen and oxygen atoms in total. The van der Waals surface area contributed by atoms with E-state index in [-0.39, 0.29) is 36.2 Å². The highest BCUT2D eigenvalue weighted by molar-refractivity contribution is 5.89. The molecule has 3 rings (SSSR count). The maximum absolute atomic E-state index is 12.4. The summed E-state index contributed by atoms with van der Waals surface area (Å²) >= 11 is 0. The summed E-state index contributed by atoms with van der Waals surface area (Å²) in [4.78, 5) is 23.0. The van der Waals surface area contributed by atoms with E-state index in [1.165, 1.54) is 0 Å². The number of hydrogen-bond donors (Lipinski definition) is 0. The van der Waals surface area contributed by atoms with Crippen LogP contribution in [-0.2, 0) is 19.1 Å². The third-order valence-corrected chi connectivity index (χ3v) is 4.64. The lowest BCUT2D eigenvalue weighted by Gasteiger charge is -2.28. The average Bonchev–Trinajstić information content (AvgIpc) is 3.00. The molecule has 5 unspecified atom stereocenters. The third kappa shape index (κ3) is 1.91. The summed E-state index contributed by atoms with van der Waals surface area (Å²) < 4.78 is 47.0. The first-order valence-corrected chi connectivity index (χ1v) is 6.42. The van der Waals surface area contributed by atoms with Crippen molar-refractivity contribution in [3.8, 4) is 0 Å². The van der Waals surface area contributed by atoms with Gasteiger partial charge in [-0.25, -0.2) is 4.79 Å². The molecule has 5 atom stereocenters. The minimum atomic E-state index is -4.77. The van der Waals surface area contributed by atoms with Crippen LogP contribution in [0.5, 0.6) is 0 Å². The van der Waals surface area contributed by atoms with Crippen LogP contribution in [0.4, 0.5) is 13.2 Å². The Balaban J connectivity index is 1.66. The standard InChI is InChI=1S/C13H13F3O4/c1-5(13(14,15)16)11(17)20-9-3-6-2-7(9)8-4-19-12(18)10(6)8/h6-10H,1-4H2. The fourth-order valence-corrected chi connectivity index (χ4v) is 3.76. The summed E-state index contributed by atoms with van der Waals surface area (Å²) in [7, 11) is 0. The van der Waals surface area contributed by atoms with Crippen molar-refractivity contribution in [2.24, 2.45) is 23.7 Å². The van der Waals surface area contributed by atoms with E-state index in [4.69, 9.17) is 9.47 Å². The van der Waals surface area contributed by atoms with E-state index in [1.54, 1.807) is 0 Å². The van der Waals surface area contributed by atoms with Crippen LogP contribution in [0.25, 0.3) is 0 Å². The number of alkyl halides is 3. The number of hydrogen-bond acceptors (Lipinski definition) is 4. The van der Waals surface area contributed by atoms with Crippen LogP contribution in [0.3, 0.4) is 0 Å². The molecule has 1 saturated heterocycles. The molecule has 0 aromatic carbocycles. The van der Waals surface area contributed by atoms with Crippen molar-refractivity contribution in [2.75, 3.05) is 6.61 Å². The molecule has 7 heteroatoms. The lowest BCUT2D eigenvalue weighted by Crippen LogP contribution is -2.36. The Morgan fingerprint density at radius 3 is 2.65 bits per heavy atom. The Labute approximate surface area is 112 Å². The minimum absolute atomic E-state index is 0.0294. The zero-order valence-electron chi connectivity index (χ0n) is 10.5. The fourth-order valence-electron chi connectivity index (χ4n) is 3.76. The third-order valence-electron chi connectivity index (χ3n) is 4.64. The van der Waals surface area contributed by atoms with Gasteiger partial charge in [0.05, 0.1) is 12.5 Å². The lowest BCUT2D eigenvalue weighted by molar-refractivity contribution is -0.158. The molecule has 110 valence electrons. The van der Waals surface area contributed by atoms with E-state index < -0.39 is 23.8 Å². The molecule has 0 radical (unpaired) electrons. The van der Waals surface area contributed by atoms with Crippen molar-refractivity contribution in [3.05, 3.63) is 12.2 Å². The van der Waals surface area contributed by atoms with Gasteiger partial charge >= 0.3 is 18.1 Å². The second kappa shape index (κ2) is 4.23. The number of cyclic esters (lactones) is 1. The normalized spacial score (nSPS) is 38.5. The van der Waals surface area contributed by atoms with Gasteiger partial charge in [-0.2, -0.15) is 13.2 Å². The van der Waals surface area contributed by atoms with Crippen LogP contribution < -0.4 is 0 Å². The van der Waals surface area contributed by atoms with Gasteiger partial charge in [0.1, 0.15) is 11.7 Å². The van der Waals surface area contributed by atoms with Crippen molar-refractivity contribution < 1.29 is 32.2 Å². The van der Waals surface area contributed by atoms with Crippen molar-refractivity contribution in [1.29, 1.82) is 0 Å². The number of halogens is 3. The van der Waals surface area contributed by atoms with Gasteiger partial charge in [0.25, 0.3) is 0 Å². The van der Waals surface area contributed by atoms with Gasteiger partial charge in [-0.15, -0.1) is 0 Å². The van der Waals surface area contributed by atoms with E-state index in [1.807, 2.05) is 0 Å². The molecule has 0 N–H and O–H groups in total. The van der Waals surface area contributed by atoms with Crippen molar-refractivity contribution in [3.63, 3.8) is 0 Å². The van der Waals surface area contributed by atoms with Gasteiger partial charge < -0.3 is 9.47 Å². The van der Waals surface area contributed by atoms with Gasteiger partial charge in [0.15, 0.2) is 0 Å². The largest absolute Gasteiger partial charge is 0.465 e. The molecule has 0 amide bonds. The van der Waals surface area contributed by atoms with E-state index in [0.29, 0.717) is 12.8 Å². The van der Waals surface area contributed by atoms with Crippen LogP contribution in [0.2, 0.25) is 0 Å². The first-order valence-electron chi connectivity index (χ1n) is 6.42. The second-order valence-corrected chi connectivity index (χ2v) is 5.64.